The second-order valence-corrected chi connectivity index (χ2v) is 6.81. The minimum Gasteiger partial charge on any atom is -0.481 e. The number of thioether (sulfide) groups is 1. The lowest BCUT2D eigenvalue weighted by atomic mass is 9.66. The van der Waals surface area contributed by atoms with Crippen LogP contribution in [-0.2, 0) is 4.79 Å². The maximum atomic E-state index is 12.1. The molecule has 1 atom stereocenters. The van der Waals surface area contributed by atoms with Crippen molar-refractivity contribution in [2.45, 2.75) is 45.1 Å². The topological polar surface area (TPSA) is 69.6 Å². The molecule has 2 amide bonds. The van der Waals surface area contributed by atoms with Crippen molar-refractivity contribution in [1.82, 2.24) is 10.2 Å². The Balaban J connectivity index is 2.39. The molecule has 1 rings (SSSR count). The Hall–Kier alpha value is -0.910. The van der Waals surface area contributed by atoms with Gasteiger partial charge in [0.05, 0.1) is 6.42 Å². The van der Waals surface area contributed by atoms with Gasteiger partial charge in [-0.3, -0.25) is 4.79 Å². The zero-order valence-electron chi connectivity index (χ0n) is 12.6. The summed E-state index contributed by atoms with van der Waals surface area (Å²) in [6.07, 6.45) is 6.02. The van der Waals surface area contributed by atoms with E-state index >= 15 is 0 Å². The lowest BCUT2D eigenvalue weighted by Crippen LogP contribution is -2.49. The molecule has 0 bridgehead atoms. The highest BCUT2D eigenvalue weighted by Gasteiger charge is 2.39. The second-order valence-electron chi connectivity index (χ2n) is 5.82. The number of amides is 2. The van der Waals surface area contributed by atoms with Gasteiger partial charge < -0.3 is 15.3 Å². The van der Waals surface area contributed by atoms with E-state index in [1.165, 1.54) is 0 Å². The van der Waals surface area contributed by atoms with E-state index in [0.29, 0.717) is 6.54 Å². The number of hydrogen-bond donors (Lipinski definition) is 2. The Morgan fingerprint density at radius 2 is 2.10 bits per heavy atom. The van der Waals surface area contributed by atoms with Gasteiger partial charge in [-0.2, -0.15) is 11.8 Å². The Bertz CT molecular complexity index is 345. The maximum Gasteiger partial charge on any atom is 0.317 e. The van der Waals surface area contributed by atoms with Crippen LogP contribution < -0.4 is 5.32 Å². The lowest BCUT2D eigenvalue weighted by Gasteiger charge is -2.41. The molecule has 116 valence electrons. The zero-order valence-corrected chi connectivity index (χ0v) is 13.5. The average Bonchev–Trinajstić information content (AvgIpc) is 2.37. The fourth-order valence-electron chi connectivity index (χ4n) is 2.48. The van der Waals surface area contributed by atoms with Crippen LogP contribution in [0.1, 0.15) is 39.0 Å². The number of urea groups is 1. The van der Waals surface area contributed by atoms with Gasteiger partial charge in [0.15, 0.2) is 0 Å². The third kappa shape index (κ3) is 4.89. The number of carbonyl (C=O) groups is 2. The van der Waals surface area contributed by atoms with E-state index in [9.17, 15) is 9.59 Å². The Morgan fingerprint density at radius 3 is 2.55 bits per heavy atom. The third-order valence-electron chi connectivity index (χ3n) is 4.28. The van der Waals surface area contributed by atoms with Gasteiger partial charge in [0.1, 0.15) is 0 Å². The summed E-state index contributed by atoms with van der Waals surface area (Å²) in [4.78, 5) is 24.7. The largest absolute Gasteiger partial charge is 0.481 e. The van der Waals surface area contributed by atoms with Crippen molar-refractivity contribution in [3.8, 4) is 0 Å². The first-order chi connectivity index (χ1) is 9.40. The Labute approximate surface area is 125 Å². The minimum atomic E-state index is -0.777. The molecule has 6 heteroatoms. The fraction of sp³-hybridized carbons (Fsp3) is 0.857. The molecule has 0 heterocycles. The van der Waals surface area contributed by atoms with E-state index in [-0.39, 0.29) is 23.9 Å². The van der Waals surface area contributed by atoms with Gasteiger partial charge in [-0.1, -0.05) is 6.42 Å². The zero-order chi connectivity index (χ0) is 15.2. The average molecular weight is 302 g/mol. The van der Waals surface area contributed by atoms with Crippen LogP contribution in [0.2, 0.25) is 0 Å². The lowest BCUT2D eigenvalue weighted by molar-refractivity contribution is -0.141. The van der Waals surface area contributed by atoms with Crippen LogP contribution in [0.15, 0.2) is 0 Å². The van der Waals surface area contributed by atoms with Crippen molar-refractivity contribution in [2.75, 3.05) is 25.6 Å². The van der Waals surface area contributed by atoms with Crippen LogP contribution in [0.3, 0.4) is 0 Å². The first-order valence-corrected chi connectivity index (χ1v) is 8.51. The Morgan fingerprint density at radius 1 is 1.45 bits per heavy atom. The van der Waals surface area contributed by atoms with Gasteiger partial charge in [0.2, 0.25) is 0 Å². The molecule has 0 aliphatic heterocycles. The van der Waals surface area contributed by atoms with Crippen LogP contribution in [0.25, 0.3) is 0 Å². The molecule has 0 aromatic heterocycles. The number of rotatable bonds is 8. The predicted molar refractivity (Wildman–Crippen MR) is 82.2 cm³/mol. The van der Waals surface area contributed by atoms with E-state index < -0.39 is 5.97 Å². The smallest absolute Gasteiger partial charge is 0.317 e. The highest BCUT2D eigenvalue weighted by molar-refractivity contribution is 7.98. The fourth-order valence-corrected chi connectivity index (χ4v) is 3.06. The molecule has 5 nitrogen and oxygen atoms in total. The van der Waals surface area contributed by atoms with Crippen molar-refractivity contribution in [3.63, 3.8) is 0 Å². The highest BCUT2D eigenvalue weighted by Crippen LogP contribution is 2.43. The van der Waals surface area contributed by atoms with Crippen molar-refractivity contribution < 1.29 is 14.7 Å². The summed E-state index contributed by atoms with van der Waals surface area (Å²) in [5.74, 6) is 0.252. The summed E-state index contributed by atoms with van der Waals surface area (Å²) >= 11 is 1.77. The van der Waals surface area contributed by atoms with E-state index in [4.69, 9.17) is 5.11 Å². The van der Waals surface area contributed by atoms with E-state index in [1.54, 1.807) is 23.7 Å². The number of carboxylic acid groups (broad SMARTS) is 1. The molecule has 0 aromatic rings. The molecule has 1 aliphatic carbocycles. The molecule has 1 fully saturated rings. The summed E-state index contributed by atoms with van der Waals surface area (Å²) in [5, 5.41) is 11.9. The second kappa shape index (κ2) is 7.76. The van der Waals surface area contributed by atoms with Crippen LogP contribution in [0.4, 0.5) is 4.79 Å². The quantitative estimate of drug-likeness (QED) is 0.722. The molecule has 0 spiro atoms. The molecule has 0 aromatic carbocycles. The summed E-state index contributed by atoms with van der Waals surface area (Å²) in [6.45, 7) is 2.50. The molecule has 1 aliphatic rings. The SMILES string of the molecule is CSCCC(C)N(C)C(=O)NCC1(CC(=O)O)CCC1. The van der Waals surface area contributed by atoms with Gasteiger partial charge in [-0.05, 0) is 43.6 Å². The summed E-state index contributed by atoms with van der Waals surface area (Å²) in [7, 11) is 1.80. The normalized spacial score (nSPS) is 17.9. The number of carbonyl (C=O) groups excluding carboxylic acids is 1. The first kappa shape index (κ1) is 17.1. The predicted octanol–water partition coefficient (Wildman–Crippen LogP) is 2.41. The molecule has 1 saturated carbocycles. The number of hydrogen-bond acceptors (Lipinski definition) is 3. The molecule has 0 radical (unpaired) electrons. The first-order valence-electron chi connectivity index (χ1n) is 7.11. The van der Waals surface area contributed by atoms with Crippen LogP contribution >= 0.6 is 11.8 Å². The van der Waals surface area contributed by atoms with Gasteiger partial charge >= 0.3 is 12.0 Å². The van der Waals surface area contributed by atoms with Crippen molar-refractivity contribution in [1.29, 1.82) is 0 Å². The molecule has 1 unspecified atom stereocenters. The van der Waals surface area contributed by atoms with Gasteiger partial charge in [0, 0.05) is 19.6 Å². The van der Waals surface area contributed by atoms with Crippen LogP contribution in [0.5, 0.6) is 0 Å². The van der Waals surface area contributed by atoms with Gasteiger partial charge in [-0.25, -0.2) is 4.79 Å². The van der Waals surface area contributed by atoms with Gasteiger partial charge in [-0.15, -0.1) is 0 Å². The van der Waals surface area contributed by atoms with Crippen molar-refractivity contribution in [2.24, 2.45) is 5.41 Å². The van der Waals surface area contributed by atoms with E-state index in [0.717, 1.165) is 31.4 Å². The van der Waals surface area contributed by atoms with Crippen LogP contribution in [0, 0.1) is 5.41 Å². The monoisotopic (exact) mass is 302 g/mol. The van der Waals surface area contributed by atoms with E-state index in [2.05, 4.69) is 11.6 Å². The minimum absolute atomic E-state index is 0.102. The molecular formula is C14H26N2O3S. The van der Waals surface area contributed by atoms with Crippen molar-refractivity contribution in [3.05, 3.63) is 0 Å². The third-order valence-corrected chi connectivity index (χ3v) is 4.92. The number of carboxylic acids is 1. The van der Waals surface area contributed by atoms with E-state index in [1.807, 2.05) is 6.92 Å². The van der Waals surface area contributed by atoms with Crippen LogP contribution in [-0.4, -0.2) is 53.6 Å². The number of nitrogens with zero attached hydrogens (tertiary/aromatic N) is 1. The summed E-state index contributed by atoms with van der Waals surface area (Å²) in [6, 6.07) is 0.0922. The number of aliphatic carboxylic acids is 1. The summed E-state index contributed by atoms with van der Waals surface area (Å²) in [5.41, 5.74) is -0.217. The molecule has 2 N–H and O–H groups in total. The van der Waals surface area contributed by atoms with Gasteiger partial charge in [0.25, 0.3) is 0 Å². The Kier molecular flexibility index (Phi) is 6.65. The van der Waals surface area contributed by atoms with Crippen molar-refractivity contribution >= 4 is 23.8 Å². The molecule has 20 heavy (non-hydrogen) atoms. The number of nitrogens with one attached hydrogen (secondary N) is 1. The molecule has 0 saturated heterocycles. The standard InChI is InChI=1S/C14H26N2O3S/c1-11(5-8-20-3)16(2)13(19)15-10-14(6-4-7-14)9-12(17)18/h11H,4-10H2,1-3H3,(H,15,19)(H,17,18). The summed E-state index contributed by atoms with van der Waals surface area (Å²) < 4.78 is 0. The maximum absolute atomic E-state index is 12.1. The molecular weight excluding hydrogens is 276 g/mol. The highest BCUT2D eigenvalue weighted by atomic mass is 32.2.